The lowest BCUT2D eigenvalue weighted by Crippen LogP contribution is -2.57. The molecule has 6 atom stereocenters. The van der Waals surface area contributed by atoms with Crippen LogP contribution in [-0.2, 0) is 35.6 Å². The van der Waals surface area contributed by atoms with Crippen molar-refractivity contribution in [3.05, 3.63) is 51.6 Å². The van der Waals surface area contributed by atoms with Gasteiger partial charge >= 0.3 is 27.7 Å². The summed E-state index contributed by atoms with van der Waals surface area (Å²) in [4.78, 5) is 51.6. The van der Waals surface area contributed by atoms with E-state index in [9.17, 15) is 74.4 Å². The molecule has 1 aliphatic heterocycles. The molecular formula is C29H25F6NO13S. The predicted molar refractivity (Wildman–Crippen MR) is 149 cm³/mol. The van der Waals surface area contributed by atoms with Gasteiger partial charge in [-0.3, -0.25) is 19.2 Å². The number of phenolic OH excluding ortho intramolecular Hbond substituents is 2. The number of carbonyl (C=O) groups is 4. The molecule has 1 heterocycles. The van der Waals surface area contributed by atoms with Crippen molar-refractivity contribution in [1.82, 2.24) is 5.32 Å². The molecule has 0 radical (unpaired) electrons. The SMILES string of the molecule is CC(=O)[C@]1(O)Cc2c(O)c3c(c(O)c2[C@@H](O[C@H]2C[C@H](NC(=O)C(F)(F)F)[C@H](O)[C@H](C)O2)C1)C(=O)c1c(OS(=O)(=O)C(F)(F)F)cccc1C3=O. The van der Waals surface area contributed by atoms with Crippen LogP contribution in [0.1, 0.15) is 75.8 Å². The van der Waals surface area contributed by atoms with E-state index in [2.05, 4.69) is 4.18 Å². The second-order valence-electron chi connectivity index (χ2n) is 11.8. The number of ether oxygens (including phenoxy) is 2. The van der Waals surface area contributed by atoms with E-state index in [1.807, 2.05) is 0 Å². The number of phenols is 2. The lowest BCUT2D eigenvalue weighted by Gasteiger charge is -2.42. The molecule has 21 heteroatoms. The molecule has 0 saturated carbocycles. The Balaban J connectivity index is 1.62. The number of hydrogen-bond acceptors (Lipinski definition) is 13. The molecule has 1 saturated heterocycles. The van der Waals surface area contributed by atoms with E-state index < -0.39 is 151 Å². The second-order valence-corrected chi connectivity index (χ2v) is 13.4. The Kier molecular flexibility index (Phi) is 9.00. The van der Waals surface area contributed by atoms with E-state index in [0.717, 1.165) is 19.1 Å². The number of fused-ring (bicyclic) bond motifs is 3. The molecule has 0 bridgehead atoms. The van der Waals surface area contributed by atoms with Gasteiger partial charge in [0.2, 0.25) is 5.78 Å². The number of aromatic hydroxyl groups is 2. The van der Waals surface area contributed by atoms with Gasteiger partial charge in [0.15, 0.2) is 23.6 Å². The monoisotopic (exact) mass is 741 g/mol. The van der Waals surface area contributed by atoms with Crippen molar-refractivity contribution < 1.29 is 88.0 Å². The lowest BCUT2D eigenvalue weighted by molar-refractivity contribution is -0.250. The summed E-state index contributed by atoms with van der Waals surface area (Å²) in [6.45, 7) is 2.14. The Bertz CT molecular complexity index is 1930. The zero-order chi connectivity index (χ0) is 37.5. The zero-order valence-corrected chi connectivity index (χ0v) is 26.2. The third-order valence-electron chi connectivity index (χ3n) is 8.59. The molecule has 1 fully saturated rings. The van der Waals surface area contributed by atoms with Gasteiger partial charge in [0.05, 0.1) is 34.9 Å². The van der Waals surface area contributed by atoms with E-state index in [4.69, 9.17) is 9.47 Å². The van der Waals surface area contributed by atoms with Crippen molar-refractivity contribution in [2.45, 2.75) is 81.0 Å². The molecule has 14 nitrogen and oxygen atoms in total. The van der Waals surface area contributed by atoms with E-state index in [-0.39, 0.29) is 0 Å². The summed E-state index contributed by atoms with van der Waals surface area (Å²) >= 11 is 0. The average molecular weight is 742 g/mol. The molecule has 1 amide bonds. The highest BCUT2D eigenvalue weighted by Gasteiger charge is 2.52. The molecule has 272 valence electrons. The second kappa shape index (κ2) is 12.2. The summed E-state index contributed by atoms with van der Waals surface area (Å²) in [5.41, 5.74) is -13.2. The number of ketones is 3. The van der Waals surface area contributed by atoms with Gasteiger partial charge in [-0.2, -0.15) is 34.8 Å². The molecular weight excluding hydrogens is 716 g/mol. The van der Waals surface area contributed by atoms with Crippen LogP contribution in [0.3, 0.4) is 0 Å². The molecule has 5 N–H and O–H groups in total. The smallest absolute Gasteiger partial charge is 0.507 e. The summed E-state index contributed by atoms with van der Waals surface area (Å²) in [6, 6.07) is 0.746. The summed E-state index contributed by atoms with van der Waals surface area (Å²) < 4.78 is 117. The van der Waals surface area contributed by atoms with E-state index in [1.165, 1.54) is 6.92 Å². The van der Waals surface area contributed by atoms with Gasteiger partial charge in [-0.1, -0.05) is 12.1 Å². The van der Waals surface area contributed by atoms with Gasteiger partial charge in [-0.15, -0.1) is 0 Å². The Morgan fingerprint density at radius 1 is 1.02 bits per heavy atom. The van der Waals surface area contributed by atoms with Crippen LogP contribution in [0.25, 0.3) is 0 Å². The third-order valence-corrected chi connectivity index (χ3v) is 9.56. The first-order chi connectivity index (χ1) is 22.9. The maximum absolute atomic E-state index is 13.8. The Morgan fingerprint density at radius 2 is 1.64 bits per heavy atom. The predicted octanol–water partition coefficient (Wildman–Crippen LogP) is 1.97. The van der Waals surface area contributed by atoms with Gasteiger partial charge < -0.3 is 39.4 Å². The molecule has 5 rings (SSSR count). The number of halogens is 6. The number of benzene rings is 2. The molecule has 2 aliphatic carbocycles. The highest BCUT2D eigenvalue weighted by molar-refractivity contribution is 7.88. The standard InChI is InChI=1S/C29H25F6NO13S/c1-9-21(38)13(36-26(43)28(30,31)32)6-16(47-9)48-15-8-27(44,10(2)37)7-12-18(15)25(42)20-19(23(12)40)22(39)11-4-3-5-14(17(11)24(20)41)49-50(45,46)29(33,34)35/h3-5,9,13,15-16,21,38,40,42,44H,6-8H2,1-2H3,(H,36,43)/t9-,13-,15-,16-,21+,27-/m0/s1. The number of carbonyl (C=O) groups excluding carboxylic acids is 4. The minimum Gasteiger partial charge on any atom is -0.507 e. The summed E-state index contributed by atoms with van der Waals surface area (Å²) in [7, 11) is -6.39. The molecule has 0 unspecified atom stereocenters. The molecule has 0 aromatic heterocycles. The van der Waals surface area contributed by atoms with Crippen LogP contribution in [-0.4, -0.2) is 93.9 Å². The van der Waals surface area contributed by atoms with Crippen LogP contribution < -0.4 is 9.50 Å². The maximum Gasteiger partial charge on any atom is 0.534 e. The first-order valence-corrected chi connectivity index (χ1v) is 15.7. The Morgan fingerprint density at radius 3 is 2.22 bits per heavy atom. The first kappa shape index (κ1) is 37.0. The highest BCUT2D eigenvalue weighted by atomic mass is 32.2. The van der Waals surface area contributed by atoms with Gasteiger partial charge in [0, 0.05) is 36.0 Å². The molecule has 2 aromatic rings. The molecule has 3 aliphatic rings. The van der Waals surface area contributed by atoms with Crippen molar-refractivity contribution in [2.24, 2.45) is 0 Å². The fraction of sp³-hybridized carbons (Fsp3) is 0.448. The third kappa shape index (κ3) is 6.16. The molecule has 0 spiro atoms. The van der Waals surface area contributed by atoms with Crippen molar-refractivity contribution in [2.75, 3.05) is 0 Å². The molecule has 2 aromatic carbocycles. The Labute approximate surface area is 276 Å². The van der Waals surface area contributed by atoms with E-state index in [1.54, 1.807) is 5.32 Å². The highest BCUT2D eigenvalue weighted by Crippen LogP contribution is 2.52. The van der Waals surface area contributed by atoms with Crippen molar-refractivity contribution in [1.29, 1.82) is 0 Å². The summed E-state index contributed by atoms with van der Waals surface area (Å²) in [5.74, 6) is -9.63. The van der Waals surface area contributed by atoms with Crippen LogP contribution in [0.5, 0.6) is 17.2 Å². The van der Waals surface area contributed by atoms with Gasteiger partial charge in [0.1, 0.15) is 23.2 Å². The summed E-state index contributed by atoms with van der Waals surface area (Å²) in [6.07, 6.45) is -14.1. The fourth-order valence-corrected chi connectivity index (χ4v) is 6.55. The molecule has 50 heavy (non-hydrogen) atoms. The number of alkyl halides is 6. The number of nitrogens with one attached hydrogen (secondary N) is 1. The van der Waals surface area contributed by atoms with Gasteiger partial charge in [-0.25, -0.2) is 0 Å². The van der Waals surface area contributed by atoms with E-state index in [0.29, 0.717) is 6.07 Å². The van der Waals surface area contributed by atoms with Crippen LogP contribution in [0.4, 0.5) is 26.3 Å². The minimum absolute atomic E-state index is 0.516. The van der Waals surface area contributed by atoms with Crippen LogP contribution >= 0.6 is 0 Å². The van der Waals surface area contributed by atoms with E-state index >= 15 is 0 Å². The normalized spacial score (nSPS) is 26.8. The number of aliphatic hydroxyl groups is 2. The lowest BCUT2D eigenvalue weighted by atomic mass is 9.72. The van der Waals surface area contributed by atoms with Crippen molar-refractivity contribution in [3.8, 4) is 17.2 Å². The van der Waals surface area contributed by atoms with Crippen LogP contribution in [0.15, 0.2) is 18.2 Å². The van der Waals surface area contributed by atoms with Crippen LogP contribution in [0.2, 0.25) is 0 Å². The quantitative estimate of drug-likeness (QED) is 0.106. The zero-order valence-electron chi connectivity index (χ0n) is 25.4. The van der Waals surface area contributed by atoms with Gasteiger partial charge in [0.25, 0.3) is 0 Å². The number of Topliss-reactive ketones (excluding diaryl/α,β-unsaturated/α-hetero) is 1. The number of rotatable bonds is 6. The van der Waals surface area contributed by atoms with Crippen molar-refractivity contribution >= 4 is 33.4 Å². The topological polar surface area (TPSA) is 223 Å². The first-order valence-electron chi connectivity index (χ1n) is 14.3. The average Bonchev–Trinajstić information content (AvgIpc) is 2.98. The largest absolute Gasteiger partial charge is 0.534 e. The van der Waals surface area contributed by atoms with Crippen LogP contribution in [0, 0.1) is 0 Å². The number of amides is 1. The van der Waals surface area contributed by atoms with Gasteiger partial charge in [-0.05, 0) is 19.9 Å². The number of hydrogen-bond donors (Lipinski definition) is 5. The minimum atomic E-state index is -6.39. The maximum atomic E-state index is 13.8. The van der Waals surface area contributed by atoms with Crippen molar-refractivity contribution in [3.63, 3.8) is 0 Å². The number of aliphatic hydroxyl groups excluding tert-OH is 1. The fourth-order valence-electron chi connectivity index (χ4n) is 6.08. The Hall–Kier alpha value is -4.31. The summed E-state index contributed by atoms with van der Waals surface area (Å²) in [5, 5.41) is 46.1.